The summed E-state index contributed by atoms with van der Waals surface area (Å²) in [6.45, 7) is 0.797. The molecule has 0 heterocycles. The van der Waals surface area contributed by atoms with Crippen LogP contribution in [0.25, 0.3) is 6.08 Å². The number of hydrogen-bond donors (Lipinski definition) is 1. The van der Waals surface area contributed by atoms with E-state index < -0.39 is 0 Å². The molecule has 0 saturated carbocycles. The summed E-state index contributed by atoms with van der Waals surface area (Å²) < 4.78 is 0. The fourth-order valence-electron chi connectivity index (χ4n) is 1.06. The molecule has 0 atom stereocenters. The lowest BCUT2D eigenvalue weighted by molar-refractivity contribution is 0.112. The zero-order chi connectivity index (χ0) is 10.4. The van der Waals surface area contributed by atoms with Gasteiger partial charge in [0.15, 0.2) is 0 Å². The first-order valence-corrected chi connectivity index (χ1v) is 4.71. The van der Waals surface area contributed by atoms with Crippen molar-refractivity contribution >= 4 is 24.0 Å². The summed E-state index contributed by atoms with van der Waals surface area (Å²) in [5.74, 6) is 0. The molecule has 2 nitrogen and oxygen atoms in total. The van der Waals surface area contributed by atoms with Crippen molar-refractivity contribution in [2.24, 2.45) is 0 Å². The summed E-state index contributed by atoms with van der Waals surface area (Å²) in [5, 5.41) is 3.59. The lowest BCUT2D eigenvalue weighted by Crippen LogP contribution is -2.03. The molecule has 1 rings (SSSR count). The zero-order valence-corrected chi connectivity index (χ0v) is 8.71. The highest BCUT2D eigenvalue weighted by molar-refractivity contribution is 6.32. The van der Waals surface area contributed by atoms with E-state index in [4.69, 9.17) is 11.6 Å². The lowest BCUT2D eigenvalue weighted by Gasteiger charge is -1.98. The van der Waals surface area contributed by atoms with Gasteiger partial charge in [0.2, 0.25) is 0 Å². The van der Waals surface area contributed by atoms with Crippen LogP contribution in [0.4, 0.5) is 0 Å². The van der Waals surface area contributed by atoms with Crippen molar-refractivity contribution in [3.63, 3.8) is 0 Å². The van der Waals surface area contributed by atoms with Crippen molar-refractivity contribution in [3.05, 3.63) is 40.4 Å². The summed E-state index contributed by atoms with van der Waals surface area (Å²) in [4.78, 5) is 10.4. The zero-order valence-electron chi connectivity index (χ0n) is 7.96. The molecular formula is C11H12ClNO. The number of hydrogen-bond acceptors (Lipinski definition) is 2. The van der Waals surface area contributed by atoms with Crippen LogP contribution in [0.5, 0.6) is 0 Å². The van der Waals surface area contributed by atoms with E-state index in [0.717, 1.165) is 18.4 Å². The molecule has 0 amide bonds. The molecule has 0 radical (unpaired) electrons. The molecule has 0 fully saturated rings. The Morgan fingerprint density at radius 1 is 1.50 bits per heavy atom. The van der Waals surface area contributed by atoms with Gasteiger partial charge in [-0.05, 0) is 18.7 Å². The number of aldehydes is 1. The lowest BCUT2D eigenvalue weighted by atomic mass is 10.1. The number of rotatable bonds is 4. The van der Waals surface area contributed by atoms with E-state index in [1.165, 1.54) is 0 Å². The van der Waals surface area contributed by atoms with Crippen LogP contribution >= 0.6 is 11.6 Å². The van der Waals surface area contributed by atoms with Crippen molar-refractivity contribution in [2.75, 3.05) is 13.6 Å². The van der Waals surface area contributed by atoms with Crippen LogP contribution in [0.15, 0.2) is 24.3 Å². The third-order valence-electron chi connectivity index (χ3n) is 1.78. The van der Waals surface area contributed by atoms with Gasteiger partial charge in [-0.15, -0.1) is 0 Å². The highest BCUT2D eigenvalue weighted by atomic mass is 35.5. The molecule has 0 unspecified atom stereocenters. The van der Waals surface area contributed by atoms with Crippen molar-refractivity contribution < 1.29 is 4.79 Å². The standard InChI is InChI=1S/C11H12ClNO/c1-13-6-2-3-10-5-4-9(8-14)7-11(10)12/h2-5,7-8,13H,6H2,1H3. The molecule has 0 spiro atoms. The molecule has 1 aromatic rings. The van der Waals surface area contributed by atoms with Gasteiger partial charge in [0.1, 0.15) is 6.29 Å². The minimum absolute atomic E-state index is 0.598. The fourth-order valence-corrected chi connectivity index (χ4v) is 1.31. The summed E-state index contributed by atoms with van der Waals surface area (Å²) >= 11 is 5.96. The minimum atomic E-state index is 0.598. The van der Waals surface area contributed by atoms with E-state index in [-0.39, 0.29) is 0 Å². The second-order valence-electron chi connectivity index (χ2n) is 2.86. The normalized spacial score (nSPS) is 10.7. The number of halogens is 1. The van der Waals surface area contributed by atoms with Crippen LogP contribution in [-0.2, 0) is 0 Å². The smallest absolute Gasteiger partial charge is 0.150 e. The Balaban J connectivity index is 2.83. The fraction of sp³-hybridized carbons (Fsp3) is 0.182. The Morgan fingerprint density at radius 2 is 2.29 bits per heavy atom. The highest BCUT2D eigenvalue weighted by Crippen LogP contribution is 2.18. The predicted molar refractivity (Wildman–Crippen MR) is 59.8 cm³/mol. The van der Waals surface area contributed by atoms with E-state index in [0.29, 0.717) is 10.6 Å². The molecule has 1 aromatic carbocycles. The first kappa shape index (κ1) is 11.0. The van der Waals surface area contributed by atoms with E-state index in [1.807, 2.05) is 25.3 Å². The number of nitrogens with one attached hydrogen (secondary N) is 1. The van der Waals surface area contributed by atoms with Gasteiger partial charge >= 0.3 is 0 Å². The highest BCUT2D eigenvalue weighted by Gasteiger charge is 1.97. The third-order valence-corrected chi connectivity index (χ3v) is 2.11. The Morgan fingerprint density at radius 3 is 2.86 bits per heavy atom. The molecule has 1 N–H and O–H groups in total. The van der Waals surface area contributed by atoms with Gasteiger partial charge in [0.25, 0.3) is 0 Å². The molecule has 0 aromatic heterocycles. The molecule has 0 bridgehead atoms. The quantitative estimate of drug-likeness (QED) is 0.772. The van der Waals surface area contributed by atoms with Crippen molar-refractivity contribution in [1.82, 2.24) is 5.32 Å². The number of carbonyl (C=O) groups excluding carboxylic acids is 1. The molecular weight excluding hydrogens is 198 g/mol. The van der Waals surface area contributed by atoms with Gasteiger partial charge in [0.05, 0.1) is 0 Å². The van der Waals surface area contributed by atoms with Gasteiger partial charge in [-0.2, -0.15) is 0 Å². The maximum atomic E-state index is 10.4. The van der Waals surface area contributed by atoms with Gasteiger partial charge in [-0.1, -0.05) is 35.9 Å². The number of carbonyl (C=O) groups is 1. The Bertz CT molecular complexity index is 347. The van der Waals surface area contributed by atoms with Crippen LogP contribution in [0.1, 0.15) is 15.9 Å². The van der Waals surface area contributed by atoms with Crippen molar-refractivity contribution in [3.8, 4) is 0 Å². The Kier molecular flexibility index (Phi) is 4.36. The van der Waals surface area contributed by atoms with Gasteiger partial charge in [0, 0.05) is 17.1 Å². The van der Waals surface area contributed by atoms with E-state index in [9.17, 15) is 4.79 Å². The van der Waals surface area contributed by atoms with Crippen LogP contribution < -0.4 is 5.32 Å². The van der Waals surface area contributed by atoms with Crippen LogP contribution in [-0.4, -0.2) is 19.9 Å². The minimum Gasteiger partial charge on any atom is -0.316 e. The van der Waals surface area contributed by atoms with Gasteiger partial charge < -0.3 is 5.32 Å². The maximum Gasteiger partial charge on any atom is 0.150 e. The second kappa shape index (κ2) is 5.58. The molecule has 3 heteroatoms. The topological polar surface area (TPSA) is 29.1 Å². The SMILES string of the molecule is CNCC=Cc1ccc(C=O)cc1Cl. The van der Waals surface area contributed by atoms with Crippen LogP contribution in [0, 0.1) is 0 Å². The van der Waals surface area contributed by atoms with Crippen LogP contribution in [0.3, 0.4) is 0 Å². The first-order chi connectivity index (χ1) is 6.77. The molecule has 0 aliphatic rings. The molecule has 0 aliphatic heterocycles. The molecule has 14 heavy (non-hydrogen) atoms. The van der Waals surface area contributed by atoms with Crippen molar-refractivity contribution in [2.45, 2.75) is 0 Å². The predicted octanol–water partition coefficient (Wildman–Crippen LogP) is 2.39. The van der Waals surface area contributed by atoms with Gasteiger partial charge in [-0.25, -0.2) is 0 Å². The van der Waals surface area contributed by atoms with E-state index >= 15 is 0 Å². The summed E-state index contributed by atoms with van der Waals surface area (Å²) in [7, 11) is 1.88. The monoisotopic (exact) mass is 209 g/mol. The maximum absolute atomic E-state index is 10.4. The summed E-state index contributed by atoms with van der Waals surface area (Å²) in [5.41, 5.74) is 1.52. The first-order valence-electron chi connectivity index (χ1n) is 4.34. The van der Waals surface area contributed by atoms with Crippen LogP contribution in [0.2, 0.25) is 5.02 Å². The average Bonchev–Trinajstić information content (AvgIpc) is 2.20. The van der Waals surface area contributed by atoms with Crippen molar-refractivity contribution in [1.29, 1.82) is 0 Å². The second-order valence-corrected chi connectivity index (χ2v) is 3.27. The van der Waals surface area contributed by atoms with E-state index in [2.05, 4.69) is 5.32 Å². The summed E-state index contributed by atoms with van der Waals surface area (Å²) in [6.07, 6.45) is 4.68. The Labute approximate surface area is 88.6 Å². The number of likely N-dealkylation sites (N-methyl/N-ethyl adjacent to an activating group) is 1. The molecule has 0 aliphatic carbocycles. The average molecular weight is 210 g/mol. The van der Waals surface area contributed by atoms with Gasteiger partial charge in [-0.3, -0.25) is 4.79 Å². The molecule has 74 valence electrons. The third kappa shape index (κ3) is 2.98. The largest absolute Gasteiger partial charge is 0.316 e. The summed E-state index contributed by atoms with van der Waals surface area (Å²) in [6, 6.07) is 5.24. The molecule has 0 saturated heterocycles. The van der Waals surface area contributed by atoms with E-state index in [1.54, 1.807) is 12.1 Å². The Hall–Kier alpha value is -1.12. The number of benzene rings is 1.